The zero-order valence-electron chi connectivity index (χ0n) is 9.75. The molecule has 0 aromatic heterocycles. The average Bonchev–Trinajstić information content (AvgIpc) is 2.34. The summed E-state index contributed by atoms with van der Waals surface area (Å²) in [5.41, 5.74) is 1.29. The molecule has 1 aliphatic rings. The molecule has 1 aromatic carbocycles. The Morgan fingerprint density at radius 1 is 1.25 bits per heavy atom. The topological polar surface area (TPSA) is 15.3 Å². The summed E-state index contributed by atoms with van der Waals surface area (Å²) in [5, 5.41) is 4.22. The van der Waals surface area contributed by atoms with Crippen LogP contribution < -0.4 is 10.2 Å². The Bertz CT molecular complexity index is 317. The second kappa shape index (κ2) is 5.55. The maximum absolute atomic E-state index is 5.92. The van der Waals surface area contributed by atoms with Gasteiger partial charge in [-0.25, -0.2) is 0 Å². The van der Waals surface area contributed by atoms with Gasteiger partial charge in [-0.1, -0.05) is 11.6 Å². The first-order valence-corrected chi connectivity index (χ1v) is 6.42. The molecule has 0 spiro atoms. The van der Waals surface area contributed by atoms with E-state index in [1.54, 1.807) is 0 Å². The lowest BCUT2D eigenvalue weighted by molar-refractivity contribution is 0.433. The third-order valence-corrected chi connectivity index (χ3v) is 3.50. The van der Waals surface area contributed by atoms with E-state index >= 15 is 0 Å². The van der Waals surface area contributed by atoms with Crippen molar-refractivity contribution in [3.8, 4) is 0 Å². The lowest BCUT2D eigenvalue weighted by Gasteiger charge is -2.35. The molecule has 0 unspecified atom stereocenters. The van der Waals surface area contributed by atoms with Gasteiger partial charge in [-0.3, -0.25) is 0 Å². The number of rotatable bonds is 3. The molecule has 0 atom stereocenters. The fraction of sp³-hybridized carbons (Fsp3) is 0.538. The second-order valence-electron chi connectivity index (χ2n) is 4.24. The molecule has 16 heavy (non-hydrogen) atoms. The maximum Gasteiger partial charge on any atom is 0.0407 e. The highest BCUT2D eigenvalue weighted by Crippen LogP contribution is 2.23. The van der Waals surface area contributed by atoms with Crippen LogP contribution in [-0.2, 0) is 0 Å². The molecular weight excluding hydrogens is 220 g/mol. The molecule has 1 heterocycles. The molecule has 1 aliphatic heterocycles. The Balaban J connectivity index is 2.11. The molecule has 1 saturated heterocycles. The maximum atomic E-state index is 5.92. The number of halogens is 1. The smallest absolute Gasteiger partial charge is 0.0407 e. The van der Waals surface area contributed by atoms with E-state index in [0.717, 1.165) is 24.7 Å². The highest BCUT2D eigenvalue weighted by atomic mass is 35.5. The van der Waals surface area contributed by atoms with Crippen molar-refractivity contribution >= 4 is 17.3 Å². The monoisotopic (exact) mass is 238 g/mol. The van der Waals surface area contributed by atoms with E-state index in [9.17, 15) is 0 Å². The minimum absolute atomic E-state index is 0.674. The number of anilines is 1. The molecular formula is C13H19ClN2. The molecule has 0 radical (unpaired) electrons. The molecule has 2 nitrogen and oxygen atoms in total. The summed E-state index contributed by atoms with van der Waals surface area (Å²) in [4.78, 5) is 2.48. The van der Waals surface area contributed by atoms with Crippen LogP contribution in [0.4, 0.5) is 5.69 Å². The van der Waals surface area contributed by atoms with E-state index in [2.05, 4.69) is 29.3 Å². The summed E-state index contributed by atoms with van der Waals surface area (Å²) in [6, 6.07) is 8.86. The fourth-order valence-corrected chi connectivity index (χ4v) is 2.53. The van der Waals surface area contributed by atoms with E-state index in [0.29, 0.717) is 6.04 Å². The van der Waals surface area contributed by atoms with Crippen molar-refractivity contribution < 1.29 is 0 Å². The first-order valence-electron chi connectivity index (χ1n) is 6.04. The lowest BCUT2D eigenvalue weighted by Crippen LogP contribution is -2.43. The Hall–Kier alpha value is -0.730. The summed E-state index contributed by atoms with van der Waals surface area (Å²) in [6.45, 7) is 5.55. The summed E-state index contributed by atoms with van der Waals surface area (Å²) < 4.78 is 0. The van der Waals surface area contributed by atoms with Gasteiger partial charge in [0.1, 0.15) is 0 Å². The number of piperidine rings is 1. The highest BCUT2D eigenvalue weighted by Gasteiger charge is 2.19. The van der Waals surface area contributed by atoms with E-state index in [1.165, 1.54) is 18.5 Å². The number of hydrogen-bond donors (Lipinski definition) is 1. The normalized spacial score (nSPS) is 17.4. The second-order valence-corrected chi connectivity index (χ2v) is 4.68. The van der Waals surface area contributed by atoms with Gasteiger partial charge >= 0.3 is 0 Å². The fourth-order valence-electron chi connectivity index (χ4n) is 2.40. The van der Waals surface area contributed by atoms with Gasteiger partial charge < -0.3 is 10.2 Å². The molecule has 1 fully saturated rings. The van der Waals surface area contributed by atoms with Gasteiger partial charge in [0.25, 0.3) is 0 Å². The number of nitrogens with one attached hydrogen (secondary N) is 1. The largest absolute Gasteiger partial charge is 0.369 e. The number of nitrogens with zero attached hydrogens (tertiary/aromatic N) is 1. The average molecular weight is 239 g/mol. The summed E-state index contributed by atoms with van der Waals surface area (Å²) >= 11 is 5.92. The molecule has 88 valence electrons. The zero-order chi connectivity index (χ0) is 11.4. The summed E-state index contributed by atoms with van der Waals surface area (Å²) in [5.74, 6) is 0. The Morgan fingerprint density at radius 2 is 1.88 bits per heavy atom. The molecule has 1 aromatic rings. The molecule has 0 bridgehead atoms. The standard InChI is InChI=1S/C13H19ClN2/c1-2-16(13-7-9-15-10-8-13)12-5-3-11(14)4-6-12/h3-6,13,15H,2,7-10H2,1H3. The van der Waals surface area contributed by atoms with Crippen LogP contribution in [0.15, 0.2) is 24.3 Å². The van der Waals surface area contributed by atoms with Gasteiger partial charge in [-0.15, -0.1) is 0 Å². The first kappa shape index (κ1) is 11.7. The van der Waals surface area contributed by atoms with Crippen LogP contribution in [0, 0.1) is 0 Å². The van der Waals surface area contributed by atoms with Crippen molar-refractivity contribution in [1.82, 2.24) is 5.32 Å². The van der Waals surface area contributed by atoms with E-state index in [-0.39, 0.29) is 0 Å². The van der Waals surface area contributed by atoms with Crippen LogP contribution in [0.1, 0.15) is 19.8 Å². The van der Waals surface area contributed by atoms with Gasteiger partial charge in [0.15, 0.2) is 0 Å². The van der Waals surface area contributed by atoms with Crippen molar-refractivity contribution in [3.05, 3.63) is 29.3 Å². The Kier molecular flexibility index (Phi) is 4.08. The SMILES string of the molecule is CCN(c1ccc(Cl)cc1)C1CCNCC1. The molecule has 2 rings (SSSR count). The van der Waals surface area contributed by atoms with E-state index < -0.39 is 0 Å². The number of hydrogen-bond acceptors (Lipinski definition) is 2. The van der Waals surface area contributed by atoms with Gasteiger partial charge in [0.2, 0.25) is 0 Å². The predicted octanol–water partition coefficient (Wildman–Crippen LogP) is 2.92. The van der Waals surface area contributed by atoms with Crippen LogP contribution in [0.25, 0.3) is 0 Å². The molecule has 0 saturated carbocycles. The van der Waals surface area contributed by atoms with Crippen LogP contribution in [-0.4, -0.2) is 25.7 Å². The molecule has 0 amide bonds. The van der Waals surface area contributed by atoms with Gasteiger partial charge in [-0.05, 0) is 57.1 Å². The molecule has 0 aliphatic carbocycles. The quantitative estimate of drug-likeness (QED) is 0.871. The minimum atomic E-state index is 0.674. The van der Waals surface area contributed by atoms with Gasteiger partial charge in [-0.2, -0.15) is 0 Å². The molecule has 3 heteroatoms. The van der Waals surface area contributed by atoms with Crippen molar-refractivity contribution in [2.75, 3.05) is 24.5 Å². The van der Waals surface area contributed by atoms with Gasteiger partial charge in [0.05, 0.1) is 0 Å². The number of benzene rings is 1. The predicted molar refractivity (Wildman–Crippen MR) is 70.4 cm³/mol. The molecule has 1 N–H and O–H groups in total. The van der Waals surface area contributed by atoms with Crippen LogP contribution in [0.3, 0.4) is 0 Å². The Labute approximate surface area is 103 Å². The van der Waals surface area contributed by atoms with Crippen molar-refractivity contribution in [2.45, 2.75) is 25.8 Å². The van der Waals surface area contributed by atoms with E-state index in [4.69, 9.17) is 11.6 Å². The zero-order valence-corrected chi connectivity index (χ0v) is 10.5. The lowest BCUT2D eigenvalue weighted by atomic mass is 10.0. The van der Waals surface area contributed by atoms with Crippen molar-refractivity contribution in [2.24, 2.45) is 0 Å². The third kappa shape index (κ3) is 2.69. The Morgan fingerprint density at radius 3 is 2.44 bits per heavy atom. The highest BCUT2D eigenvalue weighted by molar-refractivity contribution is 6.30. The van der Waals surface area contributed by atoms with E-state index in [1.807, 2.05) is 12.1 Å². The third-order valence-electron chi connectivity index (χ3n) is 3.25. The van der Waals surface area contributed by atoms with Crippen LogP contribution in [0.2, 0.25) is 5.02 Å². The van der Waals surface area contributed by atoms with Crippen LogP contribution in [0.5, 0.6) is 0 Å². The summed E-state index contributed by atoms with van der Waals surface area (Å²) in [7, 11) is 0. The van der Waals surface area contributed by atoms with Crippen molar-refractivity contribution in [1.29, 1.82) is 0 Å². The van der Waals surface area contributed by atoms with Gasteiger partial charge in [0, 0.05) is 23.3 Å². The first-order chi connectivity index (χ1) is 7.81. The summed E-state index contributed by atoms with van der Waals surface area (Å²) in [6.07, 6.45) is 2.47. The van der Waals surface area contributed by atoms with Crippen LogP contribution >= 0.6 is 11.6 Å². The van der Waals surface area contributed by atoms with Crippen molar-refractivity contribution in [3.63, 3.8) is 0 Å². The minimum Gasteiger partial charge on any atom is -0.369 e.